The summed E-state index contributed by atoms with van der Waals surface area (Å²) in [4.78, 5) is 22.9. The lowest BCUT2D eigenvalue weighted by Gasteiger charge is -2.22. The van der Waals surface area contributed by atoms with Crippen LogP contribution in [-0.2, 0) is 10.2 Å². The standard InChI is InChI=1S/C16H20BrNO4/c1-15(2,3)22-14(21)18-9-16(4-5-16)11-6-10(13(19)20)7-12(17)8-11/h6-8H,4-5,9H2,1-3H3,(H,18,21)(H,19,20). The number of ether oxygens (including phenoxy) is 1. The van der Waals surface area contributed by atoms with Crippen molar-refractivity contribution in [1.29, 1.82) is 0 Å². The van der Waals surface area contributed by atoms with Gasteiger partial charge in [0.25, 0.3) is 0 Å². The van der Waals surface area contributed by atoms with Gasteiger partial charge >= 0.3 is 12.1 Å². The fourth-order valence-corrected chi connectivity index (χ4v) is 2.79. The molecule has 5 nitrogen and oxygen atoms in total. The second kappa shape index (κ2) is 5.91. The van der Waals surface area contributed by atoms with Crippen molar-refractivity contribution in [3.63, 3.8) is 0 Å². The Morgan fingerprint density at radius 1 is 1.32 bits per heavy atom. The molecule has 0 spiro atoms. The lowest BCUT2D eigenvalue weighted by molar-refractivity contribution is 0.0521. The average Bonchev–Trinajstić information content (AvgIpc) is 3.14. The number of aromatic carboxylic acids is 1. The molecule has 2 N–H and O–H groups in total. The first-order valence-electron chi connectivity index (χ1n) is 7.13. The van der Waals surface area contributed by atoms with Crippen molar-refractivity contribution in [2.75, 3.05) is 6.54 Å². The highest BCUT2D eigenvalue weighted by atomic mass is 79.9. The number of benzene rings is 1. The van der Waals surface area contributed by atoms with E-state index in [1.165, 1.54) is 0 Å². The zero-order chi connectivity index (χ0) is 16.5. The second-order valence-corrected chi connectivity index (χ2v) is 7.59. The van der Waals surface area contributed by atoms with Gasteiger partial charge in [0.1, 0.15) is 5.60 Å². The Labute approximate surface area is 138 Å². The van der Waals surface area contributed by atoms with Crippen molar-refractivity contribution in [1.82, 2.24) is 5.32 Å². The Bertz CT molecular complexity index is 603. The van der Waals surface area contributed by atoms with E-state index in [1.54, 1.807) is 12.1 Å². The molecular formula is C16H20BrNO4. The van der Waals surface area contributed by atoms with Gasteiger partial charge in [-0.15, -0.1) is 0 Å². The molecule has 0 aromatic heterocycles. The van der Waals surface area contributed by atoms with E-state index in [1.807, 2.05) is 26.8 Å². The van der Waals surface area contributed by atoms with Gasteiger partial charge in [-0.3, -0.25) is 0 Å². The molecule has 1 amide bonds. The largest absolute Gasteiger partial charge is 0.478 e. The zero-order valence-electron chi connectivity index (χ0n) is 12.9. The van der Waals surface area contributed by atoms with Crippen LogP contribution in [0, 0.1) is 0 Å². The summed E-state index contributed by atoms with van der Waals surface area (Å²) < 4.78 is 5.96. The van der Waals surface area contributed by atoms with E-state index in [9.17, 15) is 9.59 Å². The van der Waals surface area contributed by atoms with Crippen molar-refractivity contribution >= 4 is 28.0 Å². The molecule has 1 aliphatic carbocycles. The first-order valence-corrected chi connectivity index (χ1v) is 7.92. The number of carboxylic acid groups (broad SMARTS) is 1. The molecule has 0 heterocycles. The van der Waals surface area contributed by atoms with Gasteiger partial charge in [0.05, 0.1) is 5.56 Å². The van der Waals surface area contributed by atoms with Crippen LogP contribution in [0.4, 0.5) is 4.79 Å². The Morgan fingerprint density at radius 3 is 2.45 bits per heavy atom. The maximum atomic E-state index is 11.8. The quantitative estimate of drug-likeness (QED) is 0.848. The number of amides is 1. The highest BCUT2D eigenvalue weighted by molar-refractivity contribution is 9.10. The van der Waals surface area contributed by atoms with E-state index in [0.29, 0.717) is 6.54 Å². The van der Waals surface area contributed by atoms with Crippen molar-refractivity contribution in [2.45, 2.75) is 44.6 Å². The molecule has 1 aromatic rings. The van der Waals surface area contributed by atoms with Crippen LogP contribution in [0.2, 0.25) is 0 Å². The highest BCUT2D eigenvalue weighted by Crippen LogP contribution is 2.48. The summed E-state index contributed by atoms with van der Waals surface area (Å²) in [6, 6.07) is 5.16. The monoisotopic (exact) mass is 369 g/mol. The summed E-state index contributed by atoms with van der Waals surface area (Å²) in [6.07, 6.45) is 1.38. The summed E-state index contributed by atoms with van der Waals surface area (Å²) in [6.45, 7) is 5.88. The first-order chi connectivity index (χ1) is 10.1. The molecule has 2 rings (SSSR count). The van der Waals surface area contributed by atoms with Crippen LogP contribution in [0.3, 0.4) is 0 Å². The summed E-state index contributed by atoms with van der Waals surface area (Å²) >= 11 is 3.35. The van der Waals surface area contributed by atoms with Crippen LogP contribution >= 0.6 is 15.9 Å². The fraction of sp³-hybridized carbons (Fsp3) is 0.500. The van der Waals surface area contributed by atoms with Gasteiger partial charge in [-0.25, -0.2) is 9.59 Å². The van der Waals surface area contributed by atoms with E-state index in [2.05, 4.69) is 21.2 Å². The molecule has 1 aliphatic rings. The van der Waals surface area contributed by atoms with Crippen LogP contribution in [-0.4, -0.2) is 29.3 Å². The van der Waals surface area contributed by atoms with Crippen LogP contribution < -0.4 is 5.32 Å². The minimum atomic E-state index is -0.960. The van der Waals surface area contributed by atoms with Gasteiger partial charge in [0.2, 0.25) is 0 Å². The number of alkyl carbamates (subject to hydrolysis) is 1. The number of carbonyl (C=O) groups excluding carboxylic acids is 1. The van der Waals surface area contributed by atoms with Crippen molar-refractivity contribution < 1.29 is 19.4 Å². The van der Waals surface area contributed by atoms with Crippen LogP contribution in [0.1, 0.15) is 49.5 Å². The Morgan fingerprint density at radius 2 is 1.95 bits per heavy atom. The fourth-order valence-electron chi connectivity index (χ4n) is 2.29. The molecule has 1 aromatic carbocycles. The highest BCUT2D eigenvalue weighted by Gasteiger charge is 2.45. The summed E-state index contributed by atoms with van der Waals surface area (Å²) in [5, 5.41) is 11.9. The molecule has 0 bridgehead atoms. The third-order valence-corrected chi connectivity index (χ3v) is 4.04. The Kier molecular flexibility index (Phi) is 4.52. The van der Waals surface area contributed by atoms with Crippen LogP contribution in [0.15, 0.2) is 22.7 Å². The van der Waals surface area contributed by atoms with E-state index < -0.39 is 17.7 Å². The minimum Gasteiger partial charge on any atom is -0.478 e. The van der Waals surface area contributed by atoms with Gasteiger partial charge in [-0.2, -0.15) is 0 Å². The lowest BCUT2D eigenvalue weighted by Crippen LogP contribution is -2.37. The van der Waals surface area contributed by atoms with E-state index >= 15 is 0 Å². The average molecular weight is 370 g/mol. The molecule has 0 atom stereocenters. The molecule has 6 heteroatoms. The number of nitrogens with one attached hydrogen (secondary N) is 1. The Hall–Kier alpha value is -1.56. The predicted octanol–water partition coefficient (Wildman–Crippen LogP) is 3.70. The summed E-state index contributed by atoms with van der Waals surface area (Å²) in [5.74, 6) is -0.960. The van der Waals surface area contributed by atoms with Gasteiger partial charge in [-0.1, -0.05) is 15.9 Å². The lowest BCUT2D eigenvalue weighted by atomic mass is 9.94. The minimum absolute atomic E-state index is 0.190. The van der Waals surface area contributed by atoms with E-state index in [-0.39, 0.29) is 11.0 Å². The molecule has 0 radical (unpaired) electrons. The van der Waals surface area contributed by atoms with Gasteiger partial charge in [0.15, 0.2) is 0 Å². The van der Waals surface area contributed by atoms with E-state index in [0.717, 1.165) is 22.9 Å². The molecule has 1 fully saturated rings. The van der Waals surface area contributed by atoms with Gasteiger partial charge in [0, 0.05) is 16.4 Å². The normalized spacial score (nSPS) is 16.0. The molecule has 0 unspecified atom stereocenters. The third kappa shape index (κ3) is 4.22. The van der Waals surface area contributed by atoms with Crippen molar-refractivity contribution in [3.8, 4) is 0 Å². The molecule has 1 saturated carbocycles. The third-order valence-electron chi connectivity index (χ3n) is 3.58. The maximum Gasteiger partial charge on any atom is 0.407 e. The number of rotatable bonds is 4. The SMILES string of the molecule is CC(C)(C)OC(=O)NCC1(c2cc(Br)cc(C(=O)O)c2)CC1. The van der Waals surface area contributed by atoms with Gasteiger partial charge in [-0.05, 0) is 57.4 Å². The first kappa shape index (κ1) is 16.8. The maximum absolute atomic E-state index is 11.8. The van der Waals surface area contributed by atoms with Crippen LogP contribution in [0.5, 0.6) is 0 Å². The van der Waals surface area contributed by atoms with Gasteiger partial charge < -0.3 is 15.2 Å². The van der Waals surface area contributed by atoms with Crippen molar-refractivity contribution in [2.24, 2.45) is 0 Å². The molecule has 0 saturated heterocycles. The number of carbonyl (C=O) groups is 2. The molecule has 120 valence electrons. The second-order valence-electron chi connectivity index (χ2n) is 6.67. The predicted molar refractivity (Wildman–Crippen MR) is 86.3 cm³/mol. The molecule has 0 aliphatic heterocycles. The number of carboxylic acids is 1. The number of hydrogen-bond donors (Lipinski definition) is 2. The summed E-state index contributed by atoms with van der Waals surface area (Å²) in [5.41, 5.74) is 0.445. The van der Waals surface area contributed by atoms with Crippen molar-refractivity contribution in [3.05, 3.63) is 33.8 Å². The topological polar surface area (TPSA) is 75.6 Å². The zero-order valence-corrected chi connectivity index (χ0v) is 14.5. The van der Waals surface area contributed by atoms with E-state index in [4.69, 9.17) is 9.84 Å². The molecule has 22 heavy (non-hydrogen) atoms. The number of halogens is 1. The number of hydrogen-bond acceptors (Lipinski definition) is 3. The van der Waals surface area contributed by atoms with Crippen LogP contribution in [0.25, 0.3) is 0 Å². The molecular weight excluding hydrogens is 350 g/mol. The smallest absolute Gasteiger partial charge is 0.407 e. The summed E-state index contributed by atoms with van der Waals surface area (Å²) in [7, 11) is 0. The Balaban J connectivity index is 2.09.